The van der Waals surface area contributed by atoms with Crippen molar-refractivity contribution in [3.05, 3.63) is 132 Å². The largest absolute Gasteiger partial charge is 0.328 e. The third-order valence-corrected chi connectivity index (χ3v) is 9.37. The maximum Gasteiger partial charge on any atom is 0.328 e. The molecule has 0 spiro atoms. The lowest BCUT2D eigenvalue weighted by molar-refractivity contribution is 0.795. The number of thiophene rings is 1. The summed E-state index contributed by atoms with van der Waals surface area (Å²) in [6.45, 7) is 0. The van der Waals surface area contributed by atoms with Crippen LogP contribution in [0.3, 0.4) is 0 Å². The summed E-state index contributed by atoms with van der Waals surface area (Å²) in [5.41, 5.74) is 8.76. The molecule has 0 amide bonds. The van der Waals surface area contributed by atoms with E-state index in [1.54, 1.807) is 16.2 Å². The number of fused-ring (bicyclic) bond motifs is 4. The van der Waals surface area contributed by atoms with Gasteiger partial charge in [-0.05, 0) is 47.5 Å². The van der Waals surface area contributed by atoms with Gasteiger partial charge in [0.1, 0.15) is 0 Å². The first kappa shape index (κ1) is 25.4. The second-order valence-corrected chi connectivity index (χ2v) is 11.9. The van der Waals surface area contributed by atoms with E-state index in [-0.39, 0.29) is 5.69 Å². The highest BCUT2D eigenvalue weighted by molar-refractivity contribution is 7.25. The fourth-order valence-electron chi connectivity index (χ4n) is 5.86. The van der Waals surface area contributed by atoms with Gasteiger partial charge in [-0.25, -0.2) is 14.8 Å². The van der Waals surface area contributed by atoms with Crippen molar-refractivity contribution in [1.82, 2.24) is 19.1 Å². The molecule has 5 aromatic carbocycles. The van der Waals surface area contributed by atoms with Crippen LogP contribution < -0.4 is 5.69 Å². The zero-order valence-corrected chi connectivity index (χ0v) is 24.5. The molecule has 0 aliphatic carbocycles. The Balaban J connectivity index is 1.23. The lowest BCUT2D eigenvalue weighted by Crippen LogP contribution is -2.19. The lowest BCUT2D eigenvalue weighted by Gasteiger charge is -2.10. The van der Waals surface area contributed by atoms with Crippen molar-refractivity contribution in [2.45, 2.75) is 0 Å². The predicted molar refractivity (Wildman–Crippen MR) is 178 cm³/mol. The Kier molecular flexibility index (Phi) is 5.84. The molecule has 3 aromatic heterocycles. The van der Waals surface area contributed by atoms with Crippen LogP contribution >= 0.6 is 11.3 Å². The highest BCUT2D eigenvalue weighted by Gasteiger charge is 2.14. The Bertz CT molecular complexity index is 2380. The molecule has 0 radical (unpaired) electrons. The fourth-order valence-corrected chi connectivity index (χ4v) is 6.95. The molecule has 0 fully saturated rings. The minimum atomic E-state index is -0.0254. The third-order valence-electron chi connectivity index (χ3n) is 8.22. The van der Waals surface area contributed by atoms with Crippen molar-refractivity contribution in [3.63, 3.8) is 0 Å². The summed E-state index contributed by atoms with van der Waals surface area (Å²) in [5, 5.41) is 2.52. The van der Waals surface area contributed by atoms with Crippen molar-refractivity contribution in [2.24, 2.45) is 14.1 Å². The topological polar surface area (TPSA) is 52.7 Å². The Hall–Kier alpha value is -5.33. The average Bonchev–Trinajstić information content (AvgIpc) is 3.54. The standard InChI is InChI=1S/C37H26N4OS/c1-40-32-18-16-26(21-33(32)41(2)37(40)42)23-12-14-24(15-13-23)30-22-31(39-36(38-30)25-8-4-3-5-9-25)27-17-19-35-29(20-27)28-10-6-7-11-34(28)43-35/h3-22H,1-2H3. The van der Waals surface area contributed by atoms with Crippen LogP contribution in [0, 0.1) is 0 Å². The van der Waals surface area contributed by atoms with Crippen LogP contribution in [0.5, 0.6) is 0 Å². The second-order valence-electron chi connectivity index (χ2n) is 10.8. The number of hydrogen-bond donors (Lipinski definition) is 0. The first-order valence-corrected chi connectivity index (χ1v) is 15.0. The molecular weight excluding hydrogens is 549 g/mol. The molecular formula is C37H26N4OS. The van der Waals surface area contributed by atoms with E-state index in [0.717, 1.165) is 50.2 Å². The van der Waals surface area contributed by atoms with Crippen LogP contribution in [0.2, 0.25) is 0 Å². The number of aryl methyl sites for hydroxylation is 2. The van der Waals surface area contributed by atoms with Crippen LogP contribution in [-0.4, -0.2) is 19.1 Å². The summed E-state index contributed by atoms with van der Waals surface area (Å²) in [7, 11) is 3.62. The smallest absolute Gasteiger partial charge is 0.295 e. The van der Waals surface area contributed by atoms with Gasteiger partial charge in [0, 0.05) is 51.0 Å². The minimum absolute atomic E-state index is 0.0254. The molecule has 0 bridgehead atoms. The van der Waals surface area contributed by atoms with E-state index in [0.29, 0.717) is 5.82 Å². The van der Waals surface area contributed by atoms with E-state index in [9.17, 15) is 4.79 Å². The molecule has 8 rings (SSSR count). The van der Waals surface area contributed by atoms with Crippen molar-refractivity contribution in [1.29, 1.82) is 0 Å². The number of rotatable bonds is 4. The van der Waals surface area contributed by atoms with Crippen molar-refractivity contribution >= 4 is 42.5 Å². The molecule has 43 heavy (non-hydrogen) atoms. The molecule has 0 aliphatic heterocycles. The maximum atomic E-state index is 12.4. The summed E-state index contributed by atoms with van der Waals surface area (Å²) in [6, 6.07) is 42.0. The van der Waals surface area contributed by atoms with Gasteiger partial charge in [-0.1, -0.05) is 84.9 Å². The zero-order chi connectivity index (χ0) is 29.1. The molecule has 8 aromatic rings. The summed E-state index contributed by atoms with van der Waals surface area (Å²) in [6.07, 6.45) is 0. The fraction of sp³-hybridized carbons (Fsp3) is 0.0541. The van der Waals surface area contributed by atoms with Crippen LogP contribution in [0.15, 0.2) is 126 Å². The molecule has 206 valence electrons. The molecule has 0 N–H and O–H groups in total. The van der Waals surface area contributed by atoms with Crippen LogP contribution in [0.25, 0.3) is 76.2 Å². The quantitative estimate of drug-likeness (QED) is 0.211. The number of benzene rings is 5. The van der Waals surface area contributed by atoms with Gasteiger partial charge in [0.15, 0.2) is 5.82 Å². The molecule has 6 heteroatoms. The van der Waals surface area contributed by atoms with Gasteiger partial charge in [0.05, 0.1) is 22.4 Å². The van der Waals surface area contributed by atoms with Gasteiger partial charge in [0.25, 0.3) is 0 Å². The van der Waals surface area contributed by atoms with Crippen molar-refractivity contribution in [2.75, 3.05) is 0 Å². The van der Waals surface area contributed by atoms with Crippen LogP contribution in [-0.2, 0) is 14.1 Å². The normalized spacial score (nSPS) is 11.6. The molecule has 0 saturated carbocycles. The monoisotopic (exact) mass is 574 g/mol. The molecule has 0 saturated heterocycles. The first-order valence-electron chi connectivity index (χ1n) is 14.2. The predicted octanol–water partition coefficient (Wildman–Crippen LogP) is 8.70. The molecule has 5 nitrogen and oxygen atoms in total. The van der Waals surface area contributed by atoms with Gasteiger partial charge >= 0.3 is 5.69 Å². The Morgan fingerprint density at radius 3 is 1.95 bits per heavy atom. The van der Waals surface area contributed by atoms with E-state index in [1.807, 2.05) is 42.6 Å². The van der Waals surface area contributed by atoms with Gasteiger partial charge in [-0.15, -0.1) is 11.3 Å². The lowest BCUT2D eigenvalue weighted by atomic mass is 10.0. The van der Waals surface area contributed by atoms with E-state index in [2.05, 4.69) is 97.1 Å². The van der Waals surface area contributed by atoms with E-state index < -0.39 is 0 Å². The van der Waals surface area contributed by atoms with Gasteiger partial charge in [-0.3, -0.25) is 9.13 Å². The summed E-state index contributed by atoms with van der Waals surface area (Å²) in [4.78, 5) is 22.5. The second kappa shape index (κ2) is 9.89. The molecule has 0 atom stereocenters. The Morgan fingerprint density at radius 2 is 1.14 bits per heavy atom. The van der Waals surface area contributed by atoms with Gasteiger partial charge in [0.2, 0.25) is 0 Å². The highest BCUT2D eigenvalue weighted by Crippen LogP contribution is 2.37. The average molecular weight is 575 g/mol. The minimum Gasteiger partial charge on any atom is -0.295 e. The van der Waals surface area contributed by atoms with Crippen molar-refractivity contribution in [3.8, 4) is 45.0 Å². The first-order chi connectivity index (χ1) is 21.0. The number of imidazole rings is 1. The highest BCUT2D eigenvalue weighted by atomic mass is 32.1. The Morgan fingerprint density at radius 1 is 0.512 bits per heavy atom. The summed E-state index contributed by atoms with van der Waals surface area (Å²) in [5.74, 6) is 0.697. The number of nitrogens with zero attached hydrogens (tertiary/aromatic N) is 4. The van der Waals surface area contributed by atoms with Crippen molar-refractivity contribution < 1.29 is 0 Å². The van der Waals surface area contributed by atoms with E-state index in [4.69, 9.17) is 9.97 Å². The number of hydrogen-bond acceptors (Lipinski definition) is 4. The third kappa shape index (κ3) is 4.26. The summed E-state index contributed by atoms with van der Waals surface area (Å²) < 4.78 is 5.93. The molecule has 0 unspecified atom stereocenters. The Labute approximate surface area is 252 Å². The van der Waals surface area contributed by atoms with E-state index in [1.165, 1.54) is 20.2 Å². The van der Waals surface area contributed by atoms with Crippen LogP contribution in [0.4, 0.5) is 0 Å². The van der Waals surface area contributed by atoms with Gasteiger partial charge < -0.3 is 0 Å². The number of aromatic nitrogens is 4. The molecule has 0 aliphatic rings. The summed E-state index contributed by atoms with van der Waals surface area (Å²) >= 11 is 1.82. The molecule has 3 heterocycles. The maximum absolute atomic E-state index is 12.4. The van der Waals surface area contributed by atoms with E-state index >= 15 is 0 Å². The SMILES string of the molecule is Cn1c(=O)n(C)c2cc(-c3ccc(-c4cc(-c5ccc6sc7ccccc7c6c5)nc(-c5ccccc5)n4)cc3)ccc21. The van der Waals surface area contributed by atoms with Gasteiger partial charge in [-0.2, -0.15) is 0 Å². The van der Waals surface area contributed by atoms with Crippen LogP contribution in [0.1, 0.15) is 0 Å². The zero-order valence-electron chi connectivity index (χ0n) is 23.7.